The number of phenolic OH excluding ortho intramolecular Hbond substituents is 1. The number of phenols is 1. The molecular weight excluding hydrogens is 414 g/mol. The molecule has 0 spiro atoms. The van der Waals surface area contributed by atoms with Gasteiger partial charge < -0.3 is 31.0 Å². The van der Waals surface area contributed by atoms with Crippen molar-refractivity contribution in [3.63, 3.8) is 0 Å². The van der Waals surface area contributed by atoms with E-state index >= 15 is 0 Å². The number of aromatic nitrogens is 2. The molecule has 2 heterocycles. The number of aromatic hydroxyl groups is 1. The van der Waals surface area contributed by atoms with Gasteiger partial charge in [-0.05, 0) is 50.0 Å². The Morgan fingerprint density at radius 1 is 1.20 bits per heavy atom. The van der Waals surface area contributed by atoms with Crippen molar-refractivity contribution in [1.29, 1.82) is 0 Å². The van der Waals surface area contributed by atoms with Crippen LogP contribution in [0, 0.1) is 5.92 Å². The van der Waals surface area contributed by atoms with Crippen molar-refractivity contribution in [3.05, 3.63) is 41.6 Å². The lowest BCUT2D eigenvalue weighted by Gasteiger charge is -2.23. The molecule has 0 saturated carbocycles. The van der Waals surface area contributed by atoms with E-state index in [-0.39, 0.29) is 48.2 Å². The molecule has 164 valence electrons. The van der Waals surface area contributed by atoms with Gasteiger partial charge in [-0.3, -0.25) is 9.59 Å². The van der Waals surface area contributed by atoms with E-state index in [2.05, 4.69) is 20.8 Å². The minimum absolute atomic E-state index is 0. The van der Waals surface area contributed by atoms with E-state index in [1.54, 1.807) is 24.3 Å². The maximum atomic E-state index is 12.5. The lowest BCUT2D eigenvalue weighted by molar-refractivity contribution is -0.138. The third kappa shape index (κ3) is 6.41. The monoisotopic (exact) mass is 439 g/mol. The minimum atomic E-state index is -1.09. The normalized spacial score (nSPS) is 16.3. The zero-order valence-electron chi connectivity index (χ0n) is 16.3. The van der Waals surface area contributed by atoms with Gasteiger partial charge in [0.05, 0.1) is 12.5 Å². The Morgan fingerprint density at radius 3 is 2.47 bits per heavy atom. The highest BCUT2D eigenvalue weighted by atomic mass is 35.5. The number of carbonyl (C=O) groups is 2. The first-order valence-corrected chi connectivity index (χ1v) is 9.52. The number of amides is 1. The van der Waals surface area contributed by atoms with Crippen molar-refractivity contribution in [1.82, 2.24) is 20.8 Å². The predicted molar refractivity (Wildman–Crippen MR) is 109 cm³/mol. The first-order chi connectivity index (χ1) is 13.9. The number of benzene rings is 1. The molecule has 1 saturated heterocycles. The van der Waals surface area contributed by atoms with Crippen LogP contribution in [0.15, 0.2) is 28.7 Å². The van der Waals surface area contributed by atoms with Crippen molar-refractivity contribution in [2.24, 2.45) is 11.7 Å². The van der Waals surface area contributed by atoms with Gasteiger partial charge in [0.25, 0.3) is 0 Å². The summed E-state index contributed by atoms with van der Waals surface area (Å²) in [7, 11) is 0. The molecule has 1 aromatic carbocycles. The molecule has 0 radical (unpaired) electrons. The maximum Gasteiger partial charge on any atom is 0.305 e. The van der Waals surface area contributed by atoms with Crippen molar-refractivity contribution in [2.75, 3.05) is 13.1 Å². The van der Waals surface area contributed by atoms with Crippen LogP contribution in [0.25, 0.3) is 0 Å². The molecule has 6 N–H and O–H groups in total. The van der Waals surface area contributed by atoms with Gasteiger partial charge in [-0.25, -0.2) is 0 Å². The number of rotatable bonds is 8. The summed E-state index contributed by atoms with van der Waals surface area (Å²) in [5.74, 6) is -1.15. The molecule has 1 aliphatic rings. The van der Waals surface area contributed by atoms with Crippen LogP contribution in [0.2, 0.25) is 0 Å². The summed E-state index contributed by atoms with van der Waals surface area (Å²) in [4.78, 5) is 23.8. The first kappa shape index (κ1) is 23.6. The fourth-order valence-corrected chi connectivity index (χ4v) is 3.26. The van der Waals surface area contributed by atoms with E-state index in [9.17, 15) is 19.8 Å². The number of aliphatic carboxylic acids is 1. The van der Waals surface area contributed by atoms with Gasteiger partial charge >= 0.3 is 5.97 Å². The molecule has 0 bridgehead atoms. The molecule has 2 atom stereocenters. The fourth-order valence-electron chi connectivity index (χ4n) is 3.26. The van der Waals surface area contributed by atoms with Gasteiger partial charge in [-0.15, -0.1) is 22.6 Å². The van der Waals surface area contributed by atoms with Crippen LogP contribution in [-0.4, -0.2) is 45.4 Å². The molecule has 10 nitrogen and oxygen atoms in total. The van der Waals surface area contributed by atoms with Crippen molar-refractivity contribution in [3.8, 4) is 5.75 Å². The Bertz CT molecular complexity index is 838. The van der Waals surface area contributed by atoms with Crippen LogP contribution in [-0.2, 0) is 16.0 Å². The number of piperidine rings is 1. The van der Waals surface area contributed by atoms with Gasteiger partial charge in [-0.2, -0.15) is 0 Å². The van der Waals surface area contributed by atoms with E-state index in [0.29, 0.717) is 19.3 Å². The van der Waals surface area contributed by atoms with Crippen LogP contribution in [0.5, 0.6) is 5.75 Å². The van der Waals surface area contributed by atoms with Crippen LogP contribution in [0.3, 0.4) is 0 Å². The number of halogens is 1. The lowest BCUT2D eigenvalue weighted by atomic mass is 9.96. The maximum absolute atomic E-state index is 12.5. The second-order valence-corrected chi connectivity index (χ2v) is 7.14. The number of carbonyl (C=O) groups excluding carboxylic acids is 1. The molecule has 30 heavy (non-hydrogen) atoms. The van der Waals surface area contributed by atoms with Crippen molar-refractivity contribution < 1.29 is 24.2 Å². The zero-order chi connectivity index (χ0) is 20.8. The molecule has 1 fully saturated rings. The van der Waals surface area contributed by atoms with Crippen LogP contribution >= 0.6 is 12.4 Å². The first-order valence-electron chi connectivity index (χ1n) is 9.52. The van der Waals surface area contributed by atoms with E-state index in [1.807, 2.05) is 0 Å². The van der Waals surface area contributed by atoms with Crippen molar-refractivity contribution >= 4 is 24.3 Å². The standard InChI is InChI=1S/C19H25N5O5.ClH/c20-14(9-11-1-3-13(25)4-2-11)18-23-24-19(29-18)15(10-16(26)27)22-17(28)12-5-7-21-8-6-12;/h1-4,12,14-15,21,25H,5-10,20H2,(H,22,28)(H,26,27);1H/t14-,15-;/m0./s1. The lowest BCUT2D eigenvalue weighted by Crippen LogP contribution is -2.40. The molecule has 2 aromatic rings. The summed E-state index contributed by atoms with van der Waals surface area (Å²) in [5.41, 5.74) is 7.00. The number of nitrogens with zero attached hydrogens (tertiary/aromatic N) is 2. The Labute approximate surface area is 179 Å². The summed E-state index contributed by atoms with van der Waals surface area (Å²) in [6, 6.07) is 5.06. The van der Waals surface area contributed by atoms with Crippen LogP contribution in [0.4, 0.5) is 0 Å². The quantitative estimate of drug-likeness (QED) is 0.404. The highest BCUT2D eigenvalue weighted by Crippen LogP contribution is 2.22. The molecule has 11 heteroatoms. The Kier molecular flexibility index (Phi) is 8.58. The Balaban J connectivity index is 0.00000320. The molecule has 0 unspecified atom stereocenters. The van der Waals surface area contributed by atoms with Gasteiger partial charge in [0, 0.05) is 5.92 Å². The zero-order valence-corrected chi connectivity index (χ0v) is 17.1. The third-order valence-corrected chi connectivity index (χ3v) is 4.87. The topological polar surface area (TPSA) is 164 Å². The average molecular weight is 440 g/mol. The number of nitrogens with two attached hydrogens (primary N) is 1. The summed E-state index contributed by atoms with van der Waals surface area (Å²) < 4.78 is 5.61. The fraction of sp³-hybridized carbons (Fsp3) is 0.474. The van der Waals surface area contributed by atoms with Gasteiger partial charge in [0.2, 0.25) is 17.7 Å². The summed E-state index contributed by atoms with van der Waals surface area (Å²) in [5, 5.41) is 32.3. The second kappa shape index (κ2) is 10.9. The van der Waals surface area contributed by atoms with Gasteiger partial charge in [0.1, 0.15) is 11.8 Å². The van der Waals surface area contributed by atoms with Crippen LogP contribution in [0.1, 0.15) is 48.7 Å². The van der Waals surface area contributed by atoms with E-state index < -0.39 is 18.1 Å². The van der Waals surface area contributed by atoms with E-state index in [4.69, 9.17) is 10.2 Å². The van der Waals surface area contributed by atoms with Gasteiger partial charge in [0.15, 0.2) is 0 Å². The Morgan fingerprint density at radius 2 is 1.83 bits per heavy atom. The summed E-state index contributed by atoms with van der Waals surface area (Å²) in [6.45, 7) is 1.50. The minimum Gasteiger partial charge on any atom is -0.508 e. The molecule has 3 rings (SSSR count). The summed E-state index contributed by atoms with van der Waals surface area (Å²) in [6.07, 6.45) is 1.41. The second-order valence-electron chi connectivity index (χ2n) is 7.14. The predicted octanol–water partition coefficient (Wildman–Crippen LogP) is 1.07. The highest BCUT2D eigenvalue weighted by molar-refractivity contribution is 5.85. The van der Waals surface area contributed by atoms with E-state index in [0.717, 1.165) is 18.7 Å². The molecule has 1 aromatic heterocycles. The average Bonchev–Trinajstić information content (AvgIpc) is 3.20. The van der Waals surface area contributed by atoms with Crippen LogP contribution < -0.4 is 16.4 Å². The Hall–Kier alpha value is -2.69. The summed E-state index contributed by atoms with van der Waals surface area (Å²) >= 11 is 0. The molecular formula is C19H26ClN5O5. The number of nitrogens with one attached hydrogen (secondary N) is 2. The number of hydrogen-bond donors (Lipinski definition) is 5. The number of carboxylic acids is 1. The third-order valence-electron chi connectivity index (χ3n) is 4.87. The van der Waals surface area contributed by atoms with Gasteiger partial charge in [-0.1, -0.05) is 12.1 Å². The highest BCUT2D eigenvalue weighted by Gasteiger charge is 2.29. The van der Waals surface area contributed by atoms with E-state index in [1.165, 1.54) is 0 Å². The van der Waals surface area contributed by atoms with Crippen molar-refractivity contribution in [2.45, 2.75) is 37.8 Å². The number of carboxylic acid groups (broad SMARTS) is 1. The largest absolute Gasteiger partial charge is 0.508 e. The number of hydrogen-bond acceptors (Lipinski definition) is 8. The molecule has 1 aliphatic heterocycles. The smallest absolute Gasteiger partial charge is 0.305 e. The molecule has 0 aliphatic carbocycles. The SMILES string of the molecule is Cl.N[C@@H](Cc1ccc(O)cc1)c1nnc([C@H](CC(=O)O)NC(=O)C2CCNCC2)o1. The molecule has 1 amide bonds.